The van der Waals surface area contributed by atoms with Crippen LogP contribution in [-0.2, 0) is 0 Å². The number of benzene rings is 2. The number of aromatic nitrogens is 1. The fourth-order valence-corrected chi connectivity index (χ4v) is 2.63. The van der Waals surface area contributed by atoms with Gasteiger partial charge in [-0.15, -0.1) is 12.4 Å². The van der Waals surface area contributed by atoms with E-state index >= 15 is 0 Å². The molecule has 0 aliphatic rings. The normalized spacial score (nSPS) is 10.3. The Hall–Kier alpha value is -2.30. The predicted molar refractivity (Wildman–Crippen MR) is 96.5 cm³/mol. The summed E-state index contributed by atoms with van der Waals surface area (Å²) < 4.78 is 5.89. The van der Waals surface area contributed by atoms with Gasteiger partial charge in [0, 0.05) is 17.5 Å². The van der Waals surface area contributed by atoms with Crippen molar-refractivity contribution in [3.05, 3.63) is 64.4 Å². The number of halogens is 1. The van der Waals surface area contributed by atoms with Crippen molar-refractivity contribution in [2.75, 3.05) is 13.2 Å². The zero-order chi connectivity index (χ0) is 15.5. The summed E-state index contributed by atoms with van der Waals surface area (Å²) in [6, 6.07) is 15.4. The number of ether oxygens (including phenoxy) is 1. The summed E-state index contributed by atoms with van der Waals surface area (Å²) in [5, 5.41) is 1.48. The van der Waals surface area contributed by atoms with Crippen LogP contribution in [0.2, 0.25) is 0 Å². The van der Waals surface area contributed by atoms with Crippen LogP contribution in [0.1, 0.15) is 5.56 Å². The van der Waals surface area contributed by atoms with Crippen LogP contribution < -0.4 is 16.0 Å². The minimum atomic E-state index is -0.113. The molecule has 4 nitrogen and oxygen atoms in total. The Kier molecular flexibility index (Phi) is 5.42. The number of pyridine rings is 1. The number of hydrogen-bond acceptors (Lipinski definition) is 3. The van der Waals surface area contributed by atoms with Gasteiger partial charge in [0.2, 0.25) is 0 Å². The van der Waals surface area contributed by atoms with Gasteiger partial charge < -0.3 is 15.5 Å². The Balaban J connectivity index is 0.00000192. The number of H-pyrrole nitrogens is 1. The molecule has 0 atom stereocenters. The molecule has 1 aromatic heterocycles. The molecule has 2 aromatic carbocycles. The van der Waals surface area contributed by atoms with Gasteiger partial charge in [-0.05, 0) is 18.6 Å². The highest BCUT2D eigenvalue weighted by Crippen LogP contribution is 2.35. The molecule has 5 heteroatoms. The lowest BCUT2D eigenvalue weighted by Crippen LogP contribution is -2.15. The Bertz CT molecular complexity index is 860. The lowest BCUT2D eigenvalue weighted by Gasteiger charge is -2.15. The molecule has 0 unspecified atom stereocenters. The van der Waals surface area contributed by atoms with E-state index in [9.17, 15) is 4.79 Å². The first-order valence-corrected chi connectivity index (χ1v) is 7.26. The van der Waals surface area contributed by atoms with Crippen molar-refractivity contribution in [1.29, 1.82) is 0 Å². The number of hydrogen-bond donors (Lipinski definition) is 2. The highest BCUT2D eigenvalue weighted by Gasteiger charge is 2.15. The van der Waals surface area contributed by atoms with E-state index in [1.165, 1.54) is 0 Å². The molecule has 0 amide bonds. The Morgan fingerprint density at radius 3 is 2.52 bits per heavy atom. The molecular weight excluding hydrogens is 312 g/mol. The molecular formula is C18H19ClN2O2. The van der Waals surface area contributed by atoms with Crippen LogP contribution in [0.3, 0.4) is 0 Å². The number of nitrogens with one attached hydrogen (secondary N) is 1. The van der Waals surface area contributed by atoms with Crippen molar-refractivity contribution in [2.24, 2.45) is 5.73 Å². The second-order valence-electron chi connectivity index (χ2n) is 5.16. The van der Waals surface area contributed by atoms with Crippen LogP contribution in [0.25, 0.3) is 22.0 Å². The summed E-state index contributed by atoms with van der Waals surface area (Å²) in [7, 11) is 0. The van der Waals surface area contributed by atoms with E-state index in [1.807, 2.05) is 55.5 Å². The molecule has 0 aliphatic carbocycles. The minimum absolute atomic E-state index is 0. The summed E-state index contributed by atoms with van der Waals surface area (Å²) in [4.78, 5) is 15.4. The average molecular weight is 331 g/mol. The summed E-state index contributed by atoms with van der Waals surface area (Å²) >= 11 is 0. The zero-order valence-electron chi connectivity index (χ0n) is 12.8. The fourth-order valence-electron chi connectivity index (χ4n) is 2.63. The number of fused-ring (bicyclic) bond motifs is 1. The molecule has 0 saturated heterocycles. The van der Waals surface area contributed by atoms with Crippen molar-refractivity contribution in [1.82, 2.24) is 4.98 Å². The van der Waals surface area contributed by atoms with Crippen LogP contribution >= 0.6 is 12.4 Å². The van der Waals surface area contributed by atoms with E-state index in [0.717, 1.165) is 16.5 Å². The maximum Gasteiger partial charge on any atom is 0.256 e. The van der Waals surface area contributed by atoms with Crippen molar-refractivity contribution in [3.8, 4) is 17.0 Å². The maximum absolute atomic E-state index is 12.4. The first-order valence-electron chi connectivity index (χ1n) is 7.26. The van der Waals surface area contributed by atoms with E-state index in [0.29, 0.717) is 30.0 Å². The van der Waals surface area contributed by atoms with Gasteiger partial charge in [0.25, 0.3) is 5.56 Å². The van der Waals surface area contributed by atoms with Gasteiger partial charge in [-0.1, -0.05) is 42.5 Å². The third kappa shape index (κ3) is 3.23. The van der Waals surface area contributed by atoms with E-state index in [2.05, 4.69) is 4.98 Å². The molecule has 3 aromatic rings. The van der Waals surface area contributed by atoms with Gasteiger partial charge in [-0.25, -0.2) is 0 Å². The second-order valence-corrected chi connectivity index (χ2v) is 5.16. The molecule has 1 heterocycles. The van der Waals surface area contributed by atoms with E-state index < -0.39 is 0 Å². The summed E-state index contributed by atoms with van der Waals surface area (Å²) in [6.07, 6.45) is 0. The van der Waals surface area contributed by atoms with Crippen molar-refractivity contribution in [3.63, 3.8) is 0 Å². The Morgan fingerprint density at radius 1 is 1.09 bits per heavy atom. The predicted octanol–water partition coefficient (Wildman–Crippen LogP) is 3.26. The largest absolute Gasteiger partial charge is 0.489 e. The molecule has 0 bridgehead atoms. The molecule has 0 aliphatic heterocycles. The van der Waals surface area contributed by atoms with Crippen LogP contribution in [0, 0.1) is 6.92 Å². The molecule has 23 heavy (non-hydrogen) atoms. The van der Waals surface area contributed by atoms with Gasteiger partial charge in [-0.2, -0.15) is 0 Å². The summed E-state index contributed by atoms with van der Waals surface area (Å²) in [6.45, 7) is 2.79. The van der Waals surface area contributed by atoms with Gasteiger partial charge in [-0.3, -0.25) is 4.79 Å². The third-order valence-electron chi connectivity index (χ3n) is 3.64. The molecule has 0 saturated carbocycles. The SMILES string of the molecule is Cc1cccc2c(=O)[nH]c(-c3ccccc3)c(OCCN)c12.Cl. The number of nitrogens with two attached hydrogens (primary N) is 1. The van der Waals surface area contributed by atoms with Gasteiger partial charge >= 0.3 is 0 Å². The van der Waals surface area contributed by atoms with Crippen LogP contribution in [0.5, 0.6) is 5.75 Å². The number of rotatable bonds is 4. The van der Waals surface area contributed by atoms with Crippen molar-refractivity contribution >= 4 is 23.2 Å². The Labute approximate surface area is 140 Å². The first kappa shape index (κ1) is 17.1. The van der Waals surface area contributed by atoms with Crippen LogP contribution in [0.4, 0.5) is 0 Å². The lowest BCUT2D eigenvalue weighted by molar-refractivity contribution is 0.332. The molecule has 0 spiro atoms. The standard InChI is InChI=1S/C18H18N2O2.ClH/c1-12-6-5-9-14-15(12)17(22-11-10-19)16(20-18(14)21)13-7-3-2-4-8-13;/h2-9H,10-11,19H2,1H3,(H,20,21);1H. The molecule has 3 N–H and O–H groups in total. The second kappa shape index (κ2) is 7.31. The number of aromatic amines is 1. The van der Waals surface area contributed by atoms with Gasteiger partial charge in [0.15, 0.2) is 5.75 Å². The van der Waals surface area contributed by atoms with Crippen LogP contribution in [0.15, 0.2) is 53.3 Å². The molecule has 3 rings (SSSR count). The van der Waals surface area contributed by atoms with Gasteiger partial charge in [0.1, 0.15) is 6.61 Å². The highest BCUT2D eigenvalue weighted by atomic mass is 35.5. The topological polar surface area (TPSA) is 68.1 Å². The monoisotopic (exact) mass is 330 g/mol. The maximum atomic E-state index is 12.4. The molecule has 0 radical (unpaired) electrons. The van der Waals surface area contributed by atoms with Crippen molar-refractivity contribution in [2.45, 2.75) is 6.92 Å². The smallest absolute Gasteiger partial charge is 0.256 e. The highest BCUT2D eigenvalue weighted by molar-refractivity contribution is 5.95. The Morgan fingerprint density at radius 2 is 1.83 bits per heavy atom. The summed E-state index contributed by atoms with van der Waals surface area (Å²) in [5.74, 6) is 0.685. The summed E-state index contributed by atoms with van der Waals surface area (Å²) in [5.41, 5.74) is 8.08. The van der Waals surface area contributed by atoms with Crippen molar-refractivity contribution < 1.29 is 4.74 Å². The minimum Gasteiger partial charge on any atom is -0.489 e. The lowest BCUT2D eigenvalue weighted by atomic mass is 10.0. The number of aryl methyl sites for hydroxylation is 1. The van der Waals surface area contributed by atoms with E-state index in [-0.39, 0.29) is 18.0 Å². The van der Waals surface area contributed by atoms with Crippen LogP contribution in [-0.4, -0.2) is 18.1 Å². The fraction of sp³-hybridized carbons (Fsp3) is 0.167. The molecule has 0 fully saturated rings. The average Bonchev–Trinajstić information content (AvgIpc) is 2.55. The first-order chi connectivity index (χ1) is 10.7. The quantitative estimate of drug-likeness (QED) is 0.771. The van der Waals surface area contributed by atoms with E-state index in [1.54, 1.807) is 0 Å². The third-order valence-corrected chi connectivity index (χ3v) is 3.64. The molecule has 120 valence electrons. The van der Waals surface area contributed by atoms with E-state index in [4.69, 9.17) is 10.5 Å². The zero-order valence-corrected chi connectivity index (χ0v) is 13.7. The van der Waals surface area contributed by atoms with Gasteiger partial charge in [0.05, 0.1) is 11.1 Å².